The highest BCUT2D eigenvalue weighted by Crippen LogP contribution is 2.23. The van der Waals surface area contributed by atoms with E-state index in [-0.39, 0.29) is 5.79 Å². The van der Waals surface area contributed by atoms with Crippen LogP contribution in [0.1, 0.15) is 19.8 Å². The van der Waals surface area contributed by atoms with E-state index in [0.717, 1.165) is 26.1 Å². The lowest BCUT2D eigenvalue weighted by Gasteiger charge is -2.21. The van der Waals surface area contributed by atoms with Crippen LogP contribution in [0.25, 0.3) is 0 Å². The summed E-state index contributed by atoms with van der Waals surface area (Å²) in [6.45, 7) is 3.41. The van der Waals surface area contributed by atoms with Crippen LogP contribution in [0.15, 0.2) is 0 Å². The van der Waals surface area contributed by atoms with Gasteiger partial charge >= 0.3 is 0 Å². The molecule has 60 valence electrons. The molecule has 0 spiro atoms. The van der Waals surface area contributed by atoms with E-state index in [1.54, 1.807) is 0 Å². The monoisotopic (exact) mass is 164 g/mol. The molecule has 0 saturated carbocycles. The summed E-state index contributed by atoms with van der Waals surface area (Å²) in [4.78, 5) is 0. The number of rotatable bonds is 3. The maximum atomic E-state index is 5.53. The summed E-state index contributed by atoms with van der Waals surface area (Å²) >= 11 is 5.53. The lowest BCUT2D eigenvalue weighted by atomic mass is 10.2. The van der Waals surface area contributed by atoms with Gasteiger partial charge < -0.3 is 9.47 Å². The third-order valence-corrected chi connectivity index (χ3v) is 1.93. The predicted molar refractivity (Wildman–Crippen MR) is 40.3 cm³/mol. The Morgan fingerprint density at radius 1 is 1.40 bits per heavy atom. The molecule has 2 nitrogen and oxygen atoms in total. The highest BCUT2D eigenvalue weighted by atomic mass is 35.5. The number of hydrogen-bond acceptors (Lipinski definition) is 2. The molecular weight excluding hydrogens is 152 g/mol. The zero-order chi connectivity index (χ0) is 7.45. The van der Waals surface area contributed by atoms with Crippen molar-refractivity contribution in [2.45, 2.75) is 25.6 Å². The normalized spacial score (nSPS) is 23.4. The van der Waals surface area contributed by atoms with Crippen molar-refractivity contribution >= 4 is 11.6 Å². The fourth-order valence-corrected chi connectivity index (χ4v) is 1.22. The Hall–Kier alpha value is 0.210. The molecule has 10 heavy (non-hydrogen) atoms. The number of hydrogen-bond donors (Lipinski definition) is 0. The van der Waals surface area contributed by atoms with Gasteiger partial charge in [-0.15, -0.1) is 11.6 Å². The molecule has 0 aromatic heterocycles. The van der Waals surface area contributed by atoms with Gasteiger partial charge in [-0.2, -0.15) is 0 Å². The Balaban J connectivity index is 2.22. The van der Waals surface area contributed by atoms with E-state index in [2.05, 4.69) is 0 Å². The molecule has 3 heteroatoms. The van der Waals surface area contributed by atoms with Gasteiger partial charge in [-0.3, -0.25) is 0 Å². The van der Waals surface area contributed by atoms with E-state index >= 15 is 0 Å². The van der Waals surface area contributed by atoms with E-state index in [9.17, 15) is 0 Å². The van der Waals surface area contributed by atoms with E-state index in [0.29, 0.717) is 5.88 Å². The van der Waals surface area contributed by atoms with Crippen molar-refractivity contribution in [3.8, 4) is 0 Å². The standard InChI is InChI=1S/C7H13ClO2/c1-7(3-2-4-8)9-5-6-10-7/h2-6H2,1H3. The Kier molecular flexibility index (Phi) is 2.96. The van der Waals surface area contributed by atoms with Crippen LogP contribution >= 0.6 is 11.6 Å². The average Bonchev–Trinajstić information content (AvgIpc) is 2.33. The van der Waals surface area contributed by atoms with Gasteiger partial charge in [-0.05, 0) is 13.3 Å². The van der Waals surface area contributed by atoms with Crippen LogP contribution in [0.4, 0.5) is 0 Å². The minimum Gasteiger partial charge on any atom is -0.348 e. The van der Waals surface area contributed by atoms with Crippen LogP contribution in [0, 0.1) is 0 Å². The smallest absolute Gasteiger partial charge is 0.165 e. The number of ether oxygens (including phenoxy) is 2. The third-order valence-electron chi connectivity index (χ3n) is 1.66. The van der Waals surface area contributed by atoms with Gasteiger partial charge in [0.15, 0.2) is 5.79 Å². The summed E-state index contributed by atoms with van der Waals surface area (Å²) in [5.74, 6) is 0.344. The molecule has 0 aromatic carbocycles. The predicted octanol–water partition coefficient (Wildman–Crippen LogP) is 1.77. The van der Waals surface area contributed by atoms with Crippen LogP contribution in [-0.4, -0.2) is 24.9 Å². The fourth-order valence-electron chi connectivity index (χ4n) is 1.09. The molecule has 1 fully saturated rings. The zero-order valence-corrected chi connectivity index (χ0v) is 6.99. The highest BCUT2D eigenvalue weighted by Gasteiger charge is 2.29. The molecule has 0 N–H and O–H groups in total. The summed E-state index contributed by atoms with van der Waals surface area (Å²) in [6.07, 6.45) is 1.86. The van der Waals surface area contributed by atoms with Crippen molar-refractivity contribution in [3.05, 3.63) is 0 Å². The molecule has 0 radical (unpaired) electrons. The van der Waals surface area contributed by atoms with Gasteiger partial charge in [-0.25, -0.2) is 0 Å². The van der Waals surface area contributed by atoms with E-state index in [1.807, 2.05) is 6.92 Å². The molecule has 0 atom stereocenters. The third kappa shape index (κ3) is 2.11. The topological polar surface area (TPSA) is 18.5 Å². The first-order valence-electron chi connectivity index (χ1n) is 3.61. The molecule has 0 amide bonds. The molecule has 1 heterocycles. The second-order valence-corrected chi connectivity index (χ2v) is 3.00. The van der Waals surface area contributed by atoms with Crippen molar-refractivity contribution < 1.29 is 9.47 Å². The van der Waals surface area contributed by atoms with E-state index < -0.39 is 0 Å². The van der Waals surface area contributed by atoms with Crippen LogP contribution in [-0.2, 0) is 9.47 Å². The largest absolute Gasteiger partial charge is 0.348 e. The van der Waals surface area contributed by atoms with Crippen molar-refractivity contribution in [2.75, 3.05) is 19.1 Å². The van der Waals surface area contributed by atoms with E-state index in [1.165, 1.54) is 0 Å². The lowest BCUT2D eigenvalue weighted by molar-refractivity contribution is -0.146. The second kappa shape index (κ2) is 3.56. The van der Waals surface area contributed by atoms with Gasteiger partial charge in [0.2, 0.25) is 0 Å². The quantitative estimate of drug-likeness (QED) is 0.592. The van der Waals surface area contributed by atoms with Crippen molar-refractivity contribution in [2.24, 2.45) is 0 Å². The summed E-state index contributed by atoms with van der Waals surface area (Å²) in [6, 6.07) is 0. The number of halogens is 1. The van der Waals surface area contributed by atoms with Gasteiger partial charge in [0, 0.05) is 12.3 Å². The maximum absolute atomic E-state index is 5.53. The first-order valence-corrected chi connectivity index (χ1v) is 4.14. The highest BCUT2D eigenvalue weighted by molar-refractivity contribution is 6.17. The van der Waals surface area contributed by atoms with Crippen molar-refractivity contribution in [1.82, 2.24) is 0 Å². The Morgan fingerprint density at radius 3 is 2.50 bits per heavy atom. The minimum absolute atomic E-state index is 0.338. The minimum atomic E-state index is -0.338. The fraction of sp³-hybridized carbons (Fsp3) is 1.00. The summed E-state index contributed by atoms with van der Waals surface area (Å²) in [7, 11) is 0. The summed E-state index contributed by atoms with van der Waals surface area (Å²) in [5.41, 5.74) is 0. The molecule has 0 bridgehead atoms. The maximum Gasteiger partial charge on any atom is 0.165 e. The van der Waals surface area contributed by atoms with Crippen LogP contribution in [0.3, 0.4) is 0 Å². The zero-order valence-electron chi connectivity index (χ0n) is 6.23. The molecule has 0 unspecified atom stereocenters. The SMILES string of the molecule is CC1(CCCCl)OCCO1. The molecule has 1 rings (SSSR count). The van der Waals surface area contributed by atoms with Crippen molar-refractivity contribution in [1.29, 1.82) is 0 Å². The van der Waals surface area contributed by atoms with Gasteiger partial charge in [-0.1, -0.05) is 0 Å². The first kappa shape index (κ1) is 8.31. The van der Waals surface area contributed by atoms with Gasteiger partial charge in [0.25, 0.3) is 0 Å². The second-order valence-electron chi connectivity index (χ2n) is 2.62. The molecule has 1 aliphatic rings. The first-order chi connectivity index (χ1) is 4.77. The summed E-state index contributed by atoms with van der Waals surface area (Å²) in [5, 5.41) is 0. The Bertz CT molecular complexity index is 99.8. The van der Waals surface area contributed by atoms with Gasteiger partial charge in [0.05, 0.1) is 13.2 Å². The lowest BCUT2D eigenvalue weighted by Crippen LogP contribution is -2.25. The molecule has 0 aromatic rings. The Morgan fingerprint density at radius 2 is 2.00 bits per heavy atom. The molecule has 1 saturated heterocycles. The summed E-state index contributed by atoms with van der Waals surface area (Å²) < 4.78 is 10.7. The van der Waals surface area contributed by atoms with Crippen molar-refractivity contribution in [3.63, 3.8) is 0 Å². The van der Waals surface area contributed by atoms with Crippen LogP contribution in [0.2, 0.25) is 0 Å². The molecule has 1 aliphatic heterocycles. The molecular formula is C7H13ClO2. The Labute approximate surface area is 66.5 Å². The average molecular weight is 165 g/mol. The number of alkyl halides is 1. The molecule has 0 aliphatic carbocycles. The van der Waals surface area contributed by atoms with E-state index in [4.69, 9.17) is 21.1 Å². The van der Waals surface area contributed by atoms with Crippen LogP contribution < -0.4 is 0 Å². The van der Waals surface area contributed by atoms with Gasteiger partial charge in [0.1, 0.15) is 0 Å². The van der Waals surface area contributed by atoms with Crippen LogP contribution in [0.5, 0.6) is 0 Å².